The van der Waals surface area contributed by atoms with Gasteiger partial charge in [-0.15, -0.1) is 0 Å². The Morgan fingerprint density at radius 2 is 2.19 bits per heavy atom. The molecule has 0 amide bonds. The van der Waals surface area contributed by atoms with Crippen molar-refractivity contribution < 1.29 is 4.74 Å². The zero-order chi connectivity index (χ0) is 14.7. The number of nitrogens with zero attached hydrogens (tertiary/aromatic N) is 2. The van der Waals surface area contributed by atoms with Crippen LogP contribution in [0.2, 0.25) is 0 Å². The van der Waals surface area contributed by atoms with Crippen LogP contribution in [0.4, 0.5) is 5.82 Å². The summed E-state index contributed by atoms with van der Waals surface area (Å²) < 4.78 is 6.77. The number of hydrogen-bond donors (Lipinski definition) is 1. The van der Waals surface area contributed by atoms with Crippen LogP contribution in [0.1, 0.15) is 31.2 Å². The predicted octanol–water partition coefficient (Wildman–Crippen LogP) is 2.96. The average Bonchev–Trinajstić information content (AvgIpc) is 3.36. The van der Waals surface area contributed by atoms with Gasteiger partial charge in [0.2, 0.25) is 0 Å². The van der Waals surface area contributed by atoms with E-state index < -0.39 is 0 Å². The van der Waals surface area contributed by atoms with Crippen molar-refractivity contribution in [2.45, 2.75) is 38.3 Å². The van der Waals surface area contributed by atoms with Gasteiger partial charge in [-0.1, -0.05) is 0 Å². The van der Waals surface area contributed by atoms with E-state index in [2.05, 4.69) is 44.2 Å². The molecule has 1 heterocycles. The molecule has 2 aliphatic carbocycles. The number of hydrogen-bond acceptors (Lipinski definition) is 4. The molecule has 1 aromatic heterocycles. The van der Waals surface area contributed by atoms with E-state index in [4.69, 9.17) is 4.74 Å². The highest BCUT2D eigenvalue weighted by Gasteiger charge is 2.22. The van der Waals surface area contributed by atoms with Gasteiger partial charge in [0.15, 0.2) is 0 Å². The van der Waals surface area contributed by atoms with Crippen LogP contribution in [0.15, 0.2) is 16.7 Å². The van der Waals surface area contributed by atoms with Gasteiger partial charge in [-0.05, 0) is 53.6 Å². The molecule has 5 heteroatoms. The van der Waals surface area contributed by atoms with Crippen molar-refractivity contribution >= 4 is 21.7 Å². The van der Waals surface area contributed by atoms with E-state index in [0.717, 1.165) is 42.5 Å². The lowest BCUT2D eigenvalue weighted by Gasteiger charge is -2.21. The molecule has 0 spiro atoms. The van der Waals surface area contributed by atoms with E-state index >= 15 is 0 Å². The van der Waals surface area contributed by atoms with Gasteiger partial charge < -0.3 is 15.0 Å². The lowest BCUT2D eigenvalue weighted by molar-refractivity contribution is 0.130. The molecular weight excluding hydrogens is 330 g/mol. The van der Waals surface area contributed by atoms with Crippen LogP contribution in [-0.4, -0.2) is 37.8 Å². The number of aromatic nitrogens is 1. The Morgan fingerprint density at radius 1 is 1.38 bits per heavy atom. The molecular formula is C16H24BrN3O. The Kier molecular flexibility index (Phi) is 5.14. The molecule has 0 radical (unpaired) electrons. The molecule has 0 unspecified atom stereocenters. The van der Waals surface area contributed by atoms with Crippen LogP contribution in [0.5, 0.6) is 0 Å². The number of halogens is 1. The summed E-state index contributed by atoms with van der Waals surface area (Å²) in [4.78, 5) is 6.78. The van der Waals surface area contributed by atoms with Gasteiger partial charge in [0.1, 0.15) is 5.82 Å². The van der Waals surface area contributed by atoms with Crippen molar-refractivity contribution in [2.75, 3.05) is 31.7 Å². The summed E-state index contributed by atoms with van der Waals surface area (Å²) in [5.74, 6) is 1.89. The van der Waals surface area contributed by atoms with E-state index in [9.17, 15) is 0 Å². The number of rotatable bonds is 9. The average molecular weight is 354 g/mol. The fourth-order valence-electron chi connectivity index (χ4n) is 2.33. The summed E-state index contributed by atoms with van der Waals surface area (Å²) in [5, 5.41) is 3.57. The quantitative estimate of drug-likeness (QED) is 0.692. The normalized spacial score (nSPS) is 18.0. The van der Waals surface area contributed by atoms with Gasteiger partial charge in [0.25, 0.3) is 0 Å². The summed E-state index contributed by atoms with van der Waals surface area (Å²) in [6.45, 7) is 3.48. The second kappa shape index (κ2) is 7.07. The number of pyridine rings is 1. The molecule has 0 saturated heterocycles. The molecule has 2 fully saturated rings. The number of nitrogens with one attached hydrogen (secondary N) is 1. The Morgan fingerprint density at radius 3 is 2.90 bits per heavy atom. The first-order valence-corrected chi connectivity index (χ1v) is 8.68. The smallest absolute Gasteiger partial charge is 0.132 e. The molecule has 0 bridgehead atoms. The van der Waals surface area contributed by atoms with Crippen LogP contribution in [0.25, 0.3) is 0 Å². The molecule has 2 saturated carbocycles. The van der Waals surface area contributed by atoms with E-state index in [0.29, 0.717) is 6.04 Å². The van der Waals surface area contributed by atoms with Crippen LogP contribution < -0.4 is 10.2 Å². The van der Waals surface area contributed by atoms with Gasteiger partial charge >= 0.3 is 0 Å². The second-order valence-electron chi connectivity index (χ2n) is 6.23. The third kappa shape index (κ3) is 4.94. The summed E-state index contributed by atoms with van der Waals surface area (Å²) >= 11 is 3.52. The zero-order valence-electron chi connectivity index (χ0n) is 12.6. The molecule has 3 rings (SSSR count). The van der Waals surface area contributed by atoms with Crippen LogP contribution in [0.3, 0.4) is 0 Å². The van der Waals surface area contributed by atoms with E-state index in [1.165, 1.54) is 31.2 Å². The Labute approximate surface area is 135 Å². The molecule has 2 aliphatic rings. The monoisotopic (exact) mass is 353 g/mol. The lowest BCUT2D eigenvalue weighted by Crippen LogP contribution is -2.26. The standard InChI is InChI=1S/C16H24BrN3O/c1-20(6-7-21-11-12-2-3-12)16-13(8-14(17)10-19-16)9-18-15-4-5-15/h8,10,12,15,18H,2-7,9,11H2,1H3. The molecule has 0 atom stereocenters. The van der Waals surface area contributed by atoms with Crippen LogP contribution in [-0.2, 0) is 11.3 Å². The minimum Gasteiger partial charge on any atom is -0.379 e. The Hall–Kier alpha value is -0.650. The van der Waals surface area contributed by atoms with E-state index in [-0.39, 0.29) is 0 Å². The van der Waals surface area contributed by atoms with Gasteiger partial charge in [-0.2, -0.15) is 0 Å². The Balaban J connectivity index is 1.52. The van der Waals surface area contributed by atoms with Crippen molar-refractivity contribution in [3.63, 3.8) is 0 Å². The molecule has 0 aliphatic heterocycles. The van der Waals surface area contributed by atoms with Crippen molar-refractivity contribution in [3.05, 3.63) is 22.3 Å². The third-order valence-electron chi connectivity index (χ3n) is 4.05. The summed E-state index contributed by atoms with van der Waals surface area (Å²) in [6.07, 6.45) is 7.18. The fourth-order valence-corrected chi connectivity index (χ4v) is 2.71. The minimum absolute atomic E-state index is 0.712. The van der Waals surface area contributed by atoms with Gasteiger partial charge in [-0.3, -0.25) is 0 Å². The SMILES string of the molecule is CN(CCOCC1CC1)c1ncc(Br)cc1CNC1CC1. The first kappa shape index (κ1) is 15.3. The molecule has 116 valence electrons. The maximum atomic E-state index is 5.73. The maximum absolute atomic E-state index is 5.73. The van der Waals surface area contributed by atoms with Gasteiger partial charge in [0.05, 0.1) is 6.61 Å². The van der Waals surface area contributed by atoms with Gasteiger partial charge in [0, 0.05) is 49.0 Å². The molecule has 0 aromatic carbocycles. The van der Waals surface area contributed by atoms with E-state index in [1.807, 2.05) is 6.20 Å². The number of anilines is 1. The van der Waals surface area contributed by atoms with Crippen molar-refractivity contribution in [1.29, 1.82) is 0 Å². The Bertz CT molecular complexity index is 475. The molecule has 1 N–H and O–H groups in total. The third-order valence-corrected chi connectivity index (χ3v) is 4.48. The highest BCUT2D eigenvalue weighted by Crippen LogP contribution is 2.28. The summed E-state index contributed by atoms with van der Waals surface area (Å²) in [7, 11) is 2.09. The summed E-state index contributed by atoms with van der Waals surface area (Å²) in [5.41, 5.74) is 1.25. The first-order chi connectivity index (χ1) is 10.2. The zero-order valence-corrected chi connectivity index (χ0v) is 14.2. The van der Waals surface area contributed by atoms with Crippen molar-refractivity contribution in [1.82, 2.24) is 10.3 Å². The molecule has 4 nitrogen and oxygen atoms in total. The predicted molar refractivity (Wildman–Crippen MR) is 88.6 cm³/mol. The van der Waals surface area contributed by atoms with E-state index in [1.54, 1.807) is 0 Å². The van der Waals surface area contributed by atoms with Crippen LogP contribution in [0, 0.1) is 5.92 Å². The highest BCUT2D eigenvalue weighted by atomic mass is 79.9. The maximum Gasteiger partial charge on any atom is 0.132 e. The van der Waals surface area contributed by atoms with Crippen molar-refractivity contribution in [3.8, 4) is 0 Å². The fraction of sp³-hybridized carbons (Fsp3) is 0.688. The highest BCUT2D eigenvalue weighted by molar-refractivity contribution is 9.10. The minimum atomic E-state index is 0.712. The van der Waals surface area contributed by atoms with Crippen molar-refractivity contribution in [2.24, 2.45) is 5.92 Å². The molecule has 1 aromatic rings. The number of ether oxygens (including phenoxy) is 1. The first-order valence-electron chi connectivity index (χ1n) is 7.89. The number of likely N-dealkylation sites (N-methyl/N-ethyl adjacent to an activating group) is 1. The topological polar surface area (TPSA) is 37.4 Å². The largest absolute Gasteiger partial charge is 0.379 e. The van der Waals surface area contributed by atoms with Gasteiger partial charge in [-0.25, -0.2) is 4.98 Å². The molecule has 21 heavy (non-hydrogen) atoms. The second-order valence-corrected chi connectivity index (χ2v) is 7.15. The summed E-state index contributed by atoms with van der Waals surface area (Å²) in [6, 6.07) is 2.88. The van der Waals surface area contributed by atoms with Crippen LogP contribution >= 0.6 is 15.9 Å². The lowest BCUT2D eigenvalue weighted by atomic mass is 10.2.